The number of carbonyl (C=O) groups excluding carboxylic acids is 1. The van der Waals surface area contributed by atoms with Crippen molar-refractivity contribution in [3.8, 4) is 11.5 Å². The van der Waals surface area contributed by atoms with Crippen LogP contribution in [-0.4, -0.2) is 31.8 Å². The van der Waals surface area contributed by atoms with Crippen LogP contribution in [0.3, 0.4) is 0 Å². The fourth-order valence-electron chi connectivity index (χ4n) is 2.03. The summed E-state index contributed by atoms with van der Waals surface area (Å²) in [5.41, 5.74) is 1.97. The molecule has 4 nitrogen and oxygen atoms in total. The van der Waals surface area contributed by atoms with Crippen molar-refractivity contribution in [1.82, 2.24) is 4.90 Å². The molecule has 0 aromatic heterocycles. The predicted molar refractivity (Wildman–Crippen MR) is 60.2 cm³/mol. The van der Waals surface area contributed by atoms with Crippen molar-refractivity contribution >= 4 is 6.16 Å². The molecule has 0 bridgehead atoms. The Labute approximate surface area is 98.9 Å². The van der Waals surface area contributed by atoms with Crippen molar-refractivity contribution in [2.45, 2.75) is 13.0 Å². The number of nitrogens with zero attached hydrogens (tertiary/aromatic N) is 1. The van der Waals surface area contributed by atoms with Crippen LogP contribution in [0.1, 0.15) is 11.1 Å². The van der Waals surface area contributed by atoms with E-state index in [1.807, 2.05) is 6.07 Å². The minimum atomic E-state index is -1.38. The second kappa shape index (κ2) is 4.61. The van der Waals surface area contributed by atoms with Crippen molar-refractivity contribution in [3.63, 3.8) is 0 Å². The van der Waals surface area contributed by atoms with Crippen LogP contribution < -0.4 is 9.47 Å². The van der Waals surface area contributed by atoms with E-state index in [1.54, 1.807) is 20.3 Å². The number of amides is 1. The lowest BCUT2D eigenvalue weighted by Gasteiger charge is -2.26. The van der Waals surface area contributed by atoms with E-state index in [4.69, 9.17) is 9.47 Å². The summed E-state index contributed by atoms with van der Waals surface area (Å²) >= 11 is 0. The topological polar surface area (TPSA) is 38.8 Å². The number of carbonyl (C=O) groups is 1. The highest BCUT2D eigenvalue weighted by Gasteiger charge is 2.22. The van der Waals surface area contributed by atoms with Crippen LogP contribution in [0.4, 0.5) is 9.18 Å². The Kier molecular flexibility index (Phi) is 3.17. The van der Waals surface area contributed by atoms with Gasteiger partial charge in [-0.2, -0.15) is 0 Å². The highest BCUT2D eigenvalue weighted by Crippen LogP contribution is 2.33. The van der Waals surface area contributed by atoms with Gasteiger partial charge in [0.05, 0.1) is 14.2 Å². The first-order valence-electron chi connectivity index (χ1n) is 5.34. The van der Waals surface area contributed by atoms with Gasteiger partial charge >= 0.3 is 6.16 Å². The van der Waals surface area contributed by atoms with Gasteiger partial charge in [-0.15, -0.1) is 4.39 Å². The number of benzene rings is 1. The Hall–Kier alpha value is -1.78. The fourth-order valence-corrected chi connectivity index (χ4v) is 2.03. The van der Waals surface area contributed by atoms with E-state index in [1.165, 1.54) is 4.90 Å². The Morgan fingerprint density at radius 3 is 2.35 bits per heavy atom. The van der Waals surface area contributed by atoms with Crippen molar-refractivity contribution < 1.29 is 18.7 Å². The molecule has 0 atom stereocenters. The molecule has 1 heterocycles. The molecule has 2 rings (SSSR count). The second-order valence-electron chi connectivity index (χ2n) is 3.90. The zero-order chi connectivity index (χ0) is 12.4. The Morgan fingerprint density at radius 2 is 1.82 bits per heavy atom. The van der Waals surface area contributed by atoms with Gasteiger partial charge in [-0.3, -0.25) is 0 Å². The lowest BCUT2D eigenvalue weighted by Crippen LogP contribution is -2.32. The van der Waals surface area contributed by atoms with Gasteiger partial charge in [-0.1, -0.05) is 0 Å². The maximum Gasteiger partial charge on any atom is 0.400 e. The van der Waals surface area contributed by atoms with E-state index in [0.717, 1.165) is 11.1 Å². The summed E-state index contributed by atoms with van der Waals surface area (Å²) < 4.78 is 23.0. The standard InChI is InChI=1S/C12H14FNO3/c1-16-10-5-8-3-4-14(12(13)15)7-9(8)6-11(10)17-2/h5-6H,3-4,7H2,1-2H3. The quantitative estimate of drug-likeness (QED) is 0.586. The van der Waals surface area contributed by atoms with Gasteiger partial charge in [-0.05, 0) is 29.7 Å². The summed E-state index contributed by atoms with van der Waals surface area (Å²) in [4.78, 5) is 11.9. The molecule has 0 N–H and O–H groups in total. The van der Waals surface area contributed by atoms with Gasteiger partial charge < -0.3 is 14.4 Å². The Balaban J connectivity index is 2.35. The molecule has 0 unspecified atom stereocenters. The predicted octanol–water partition coefficient (Wildman–Crippen LogP) is 2.15. The number of methoxy groups -OCH3 is 2. The van der Waals surface area contributed by atoms with Crippen LogP contribution in [0.25, 0.3) is 0 Å². The smallest absolute Gasteiger partial charge is 0.400 e. The number of rotatable bonds is 2. The summed E-state index contributed by atoms with van der Waals surface area (Å²) in [5.74, 6) is 1.26. The number of fused-ring (bicyclic) bond motifs is 1. The monoisotopic (exact) mass is 239 g/mol. The third-order valence-electron chi connectivity index (χ3n) is 2.97. The van der Waals surface area contributed by atoms with E-state index < -0.39 is 6.16 Å². The third kappa shape index (κ3) is 2.18. The lowest BCUT2D eigenvalue weighted by molar-refractivity contribution is 0.169. The van der Waals surface area contributed by atoms with Crippen LogP contribution in [-0.2, 0) is 13.0 Å². The second-order valence-corrected chi connectivity index (χ2v) is 3.90. The van der Waals surface area contributed by atoms with Gasteiger partial charge in [0.15, 0.2) is 11.5 Å². The maximum absolute atomic E-state index is 12.6. The number of hydrogen-bond acceptors (Lipinski definition) is 3. The molecule has 5 heteroatoms. The molecule has 0 saturated carbocycles. The third-order valence-corrected chi connectivity index (χ3v) is 2.97. The lowest BCUT2D eigenvalue weighted by atomic mass is 9.99. The van der Waals surface area contributed by atoms with E-state index in [0.29, 0.717) is 24.5 Å². The van der Waals surface area contributed by atoms with E-state index in [9.17, 15) is 9.18 Å². The van der Waals surface area contributed by atoms with Gasteiger partial charge in [0.25, 0.3) is 0 Å². The number of hydrogen-bond donors (Lipinski definition) is 0. The first-order chi connectivity index (χ1) is 8.15. The number of halogens is 1. The van der Waals surface area contributed by atoms with Gasteiger partial charge in [0.1, 0.15) is 0 Å². The first-order valence-corrected chi connectivity index (χ1v) is 5.34. The van der Waals surface area contributed by atoms with Crippen molar-refractivity contribution in [3.05, 3.63) is 23.3 Å². The first kappa shape index (κ1) is 11.7. The summed E-state index contributed by atoms with van der Waals surface area (Å²) in [5, 5.41) is 0. The number of ether oxygens (including phenoxy) is 2. The molecule has 0 aliphatic carbocycles. The molecule has 1 amide bonds. The molecular weight excluding hydrogens is 225 g/mol. The highest BCUT2D eigenvalue weighted by molar-refractivity contribution is 5.67. The molecule has 1 aromatic carbocycles. The average Bonchev–Trinajstić information content (AvgIpc) is 2.36. The molecule has 0 spiro atoms. The summed E-state index contributed by atoms with van der Waals surface area (Å²) in [6.45, 7) is 0.683. The molecule has 0 radical (unpaired) electrons. The van der Waals surface area contributed by atoms with Crippen LogP contribution in [0.2, 0.25) is 0 Å². The van der Waals surface area contributed by atoms with E-state index in [2.05, 4.69) is 0 Å². The Bertz CT molecular complexity index is 448. The average molecular weight is 239 g/mol. The van der Waals surface area contributed by atoms with Gasteiger partial charge in [0.2, 0.25) is 0 Å². The van der Waals surface area contributed by atoms with E-state index >= 15 is 0 Å². The fraction of sp³-hybridized carbons (Fsp3) is 0.417. The van der Waals surface area contributed by atoms with Gasteiger partial charge in [-0.25, -0.2) is 4.79 Å². The Morgan fingerprint density at radius 1 is 1.24 bits per heavy atom. The minimum absolute atomic E-state index is 0.283. The molecule has 0 saturated heterocycles. The summed E-state index contributed by atoms with van der Waals surface area (Å²) in [6.07, 6.45) is -0.754. The van der Waals surface area contributed by atoms with Crippen LogP contribution in [0, 0.1) is 0 Å². The molecule has 0 fully saturated rings. The van der Waals surface area contributed by atoms with Crippen molar-refractivity contribution in [2.24, 2.45) is 0 Å². The van der Waals surface area contributed by atoms with Crippen LogP contribution >= 0.6 is 0 Å². The zero-order valence-corrected chi connectivity index (χ0v) is 9.83. The molecule has 92 valence electrons. The largest absolute Gasteiger partial charge is 0.493 e. The minimum Gasteiger partial charge on any atom is -0.493 e. The molecular formula is C12H14FNO3. The van der Waals surface area contributed by atoms with Crippen molar-refractivity contribution in [2.75, 3.05) is 20.8 Å². The van der Waals surface area contributed by atoms with Gasteiger partial charge in [0, 0.05) is 13.1 Å². The SMILES string of the molecule is COc1cc2c(cc1OC)CN(C(=O)F)CC2. The molecule has 17 heavy (non-hydrogen) atoms. The maximum atomic E-state index is 12.6. The highest BCUT2D eigenvalue weighted by atomic mass is 19.1. The summed E-state index contributed by atoms with van der Waals surface area (Å²) in [7, 11) is 3.12. The molecule has 1 aliphatic rings. The molecule has 1 aromatic rings. The van der Waals surface area contributed by atoms with E-state index in [-0.39, 0.29) is 6.54 Å². The van der Waals surface area contributed by atoms with Crippen LogP contribution in [0.15, 0.2) is 12.1 Å². The molecule has 1 aliphatic heterocycles. The van der Waals surface area contributed by atoms with Crippen LogP contribution in [0.5, 0.6) is 11.5 Å². The summed E-state index contributed by atoms with van der Waals surface area (Å²) in [6, 6.07) is 3.68. The zero-order valence-electron chi connectivity index (χ0n) is 9.83. The normalized spacial score (nSPS) is 14.2. The van der Waals surface area contributed by atoms with Crippen molar-refractivity contribution in [1.29, 1.82) is 0 Å².